The molecule has 0 aromatic carbocycles. The highest BCUT2D eigenvalue weighted by atomic mass is 16.5. The van der Waals surface area contributed by atoms with Gasteiger partial charge in [-0.1, -0.05) is 0 Å². The Hall–Kier alpha value is -2.31. The van der Waals surface area contributed by atoms with Crippen LogP contribution in [0.3, 0.4) is 0 Å². The Kier molecular flexibility index (Phi) is 4.27. The van der Waals surface area contributed by atoms with E-state index < -0.39 is 5.97 Å². The lowest BCUT2D eigenvalue weighted by molar-refractivity contribution is -0.118. The van der Waals surface area contributed by atoms with Gasteiger partial charge in [0.2, 0.25) is 5.91 Å². The molecule has 0 radical (unpaired) electrons. The summed E-state index contributed by atoms with van der Waals surface area (Å²) in [6.07, 6.45) is 1.39. The molecule has 0 atom stereocenters. The van der Waals surface area contributed by atoms with Crippen LogP contribution < -0.4 is 16.4 Å². The zero-order chi connectivity index (χ0) is 12.8. The molecule has 0 aliphatic carbocycles. The number of anilines is 2. The number of carbonyl (C=O) groups excluding carboxylic acids is 2. The van der Waals surface area contributed by atoms with Crippen LogP contribution in [0.25, 0.3) is 0 Å². The fraction of sp³-hybridized carbons (Fsp3) is 0.300. The van der Waals surface area contributed by atoms with E-state index >= 15 is 0 Å². The van der Waals surface area contributed by atoms with Crippen LogP contribution in [0.15, 0.2) is 12.3 Å². The first-order chi connectivity index (χ1) is 8.08. The van der Waals surface area contributed by atoms with Crippen LogP contribution in [0.2, 0.25) is 0 Å². The lowest BCUT2D eigenvalue weighted by Crippen LogP contribution is -2.27. The molecule has 0 aliphatic rings. The number of nitrogen functional groups attached to an aromatic ring is 1. The molecule has 1 amide bonds. The van der Waals surface area contributed by atoms with Gasteiger partial charge in [0.1, 0.15) is 11.4 Å². The topological polar surface area (TPSA) is 106 Å². The van der Waals surface area contributed by atoms with Gasteiger partial charge in [-0.2, -0.15) is 0 Å². The van der Waals surface area contributed by atoms with Crippen LogP contribution in [0.4, 0.5) is 11.5 Å². The third-order valence-corrected chi connectivity index (χ3v) is 2.01. The lowest BCUT2D eigenvalue weighted by atomic mass is 10.2. The Morgan fingerprint density at radius 1 is 1.53 bits per heavy atom. The highest BCUT2D eigenvalue weighted by molar-refractivity contribution is 5.96. The number of nitrogens with zero attached hydrogens (tertiary/aromatic N) is 1. The van der Waals surface area contributed by atoms with Crippen molar-refractivity contribution >= 4 is 23.4 Å². The molecule has 4 N–H and O–H groups in total. The largest absolute Gasteiger partial charge is 0.465 e. The minimum absolute atomic E-state index is 0.0113. The summed E-state index contributed by atoms with van der Waals surface area (Å²) < 4.78 is 4.59. The summed E-state index contributed by atoms with van der Waals surface area (Å²) in [6, 6.07) is 1.44. The van der Waals surface area contributed by atoms with Crippen molar-refractivity contribution in [1.29, 1.82) is 0 Å². The Balaban J connectivity index is 2.90. The minimum Gasteiger partial charge on any atom is -0.465 e. The first-order valence-corrected chi connectivity index (χ1v) is 4.86. The summed E-state index contributed by atoms with van der Waals surface area (Å²) in [5, 5.41) is 5.17. The molecular formula is C10H14N4O3. The standard InChI is InChI=1S/C10H14N4O3/c1-12-8(15)5-14-9-7(10(16)17-2)3-6(11)4-13-9/h3-4H,5,11H2,1-2H3,(H,12,15)(H,13,14). The molecule has 0 bridgehead atoms. The summed E-state index contributed by atoms with van der Waals surface area (Å²) in [6.45, 7) is 0.0113. The number of likely N-dealkylation sites (N-methyl/N-ethyl adjacent to an activating group) is 1. The lowest BCUT2D eigenvalue weighted by Gasteiger charge is -2.09. The molecule has 0 spiro atoms. The van der Waals surface area contributed by atoms with E-state index in [1.54, 1.807) is 0 Å². The third-order valence-electron chi connectivity index (χ3n) is 2.01. The van der Waals surface area contributed by atoms with Crippen LogP contribution in [0.1, 0.15) is 10.4 Å². The molecule has 1 aromatic rings. The van der Waals surface area contributed by atoms with Gasteiger partial charge in [-0.3, -0.25) is 4.79 Å². The SMILES string of the molecule is CNC(=O)CNc1ncc(N)cc1C(=O)OC. The molecular weight excluding hydrogens is 224 g/mol. The van der Waals surface area contributed by atoms with Crippen molar-refractivity contribution in [2.24, 2.45) is 0 Å². The Morgan fingerprint density at radius 3 is 2.82 bits per heavy atom. The van der Waals surface area contributed by atoms with E-state index in [-0.39, 0.29) is 23.8 Å². The fourth-order valence-corrected chi connectivity index (χ4v) is 1.14. The Labute approximate surface area is 98.4 Å². The van der Waals surface area contributed by atoms with E-state index in [0.29, 0.717) is 5.69 Å². The second-order valence-corrected chi connectivity index (χ2v) is 3.18. The second kappa shape index (κ2) is 5.69. The van der Waals surface area contributed by atoms with Crippen molar-refractivity contribution in [1.82, 2.24) is 10.3 Å². The number of carbonyl (C=O) groups is 2. The zero-order valence-corrected chi connectivity index (χ0v) is 9.61. The van der Waals surface area contributed by atoms with Crippen molar-refractivity contribution in [2.45, 2.75) is 0 Å². The maximum Gasteiger partial charge on any atom is 0.341 e. The third kappa shape index (κ3) is 3.33. The number of ether oxygens (including phenoxy) is 1. The van der Waals surface area contributed by atoms with E-state index in [1.807, 2.05) is 0 Å². The number of methoxy groups -OCH3 is 1. The van der Waals surface area contributed by atoms with E-state index in [9.17, 15) is 9.59 Å². The molecule has 0 saturated heterocycles. The van der Waals surface area contributed by atoms with Crippen LogP contribution in [0, 0.1) is 0 Å². The molecule has 1 rings (SSSR count). The summed E-state index contributed by atoms with van der Waals surface area (Å²) in [5.74, 6) is -0.529. The number of nitrogens with one attached hydrogen (secondary N) is 2. The van der Waals surface area contributed by atoms with Crippen LogP contribution in [0.5, 0.6) is 0 Å². The van der Waals surface area contributed by atoms with Gasteiger partial charge in [0.25, 0.3) is 0 Å². The van der Waals surface area contributed by atoms with Crippen LogP contribution in [-0.4, -0.2) is 37.6 Å². The van der Waals surface area contributed by atoms with Gasteiger partial charge in [0.05, 0.1) is 25.5 Å². The Bertz CT molecular complexity index is 434. The molecule has 1 heterocycles. The highest BCUT2D eigenvalue weighted by Gasteiger charge is 2.14. The number of aromatic nitrogens is 1. The smallest absolute Gasteiger partial charge is 0.341 e. The van der Waals surface area contributed by atoms with Crippen molar-refractivity contribution in [2.75, 3.05) is 31.8 Å². The molecule has 1 aromatic heterocycles. The number of rotatable bonds is 4. The molecule has 17 heavy (non-hydrogen) atoms. The number of amides is 1. The molecule has 92 valence electrons. The van der Waals surface area contributed by atoms with E-state index in [4.69, 9.17) is 5.73 Å². The average molecular weight is 238 g/mol. The van der Waals surface area contributed by atoms with Crippen LogP contribution in [-0.2, 0) is 9.53 Å². The number of hydrogen-bond acceptors (Lipinski definition) is 6. The van der Waals surface area contributed by atoms with Gasteiger partial charge < -0.3 is 21.1 Å². The predicted octanol–water partition coefficient (Wildman–Crippen LogP) is -0.392. The van der Waals surface area contributed by atoms with Gasteiger partial charge in [-0.05, 0) is 6.07 Å². The molecule has 7 heteroatoms. The maximum absolute atomic E-state index is 11.4. The maximum atomic E-state index is 11.4. The van der Waals surface area contributed by atoms with Crippen molar-refractivity contribution < 1.29 is 14.3 Å². The molecule has 0 fully saturated rings. The number of nitrogens with two attached hydrogens (primary N) is 1. The van der Waals surface area contributed by atoms with Crippen molar-refractivity contribution in [3.63, 3.8) is 0 Å². The molecule has 0 unspecified atom stereocenters. The zero-order valence-electron chi connectivity index (χ0n) is 9.61. The van der Waals surface area contributed by atoms with Crippen LogP contribution >= 0.6 is 0 Å². The predicted molar refractivity (Wildman–Crippen MR) is 62.5 cm³/mol. The summed E-state index contributed by atoms with van der Waals surface area (Å²) in [7, 11) is 2.77. The highest BCUT2D eigenvalue weighted by Crippen LogP contribution is 2.16. The van der Waals surface area contributed by atoms with Gasteiger partial charge >= 0.3 is 5.97 Å². The quantitative estimate of drug-likeness (QED) is 0.617. The second-order valence-electron chi connectivity index (χ2n) is 3.18. The average Bonchev–Trinajstić information content (AvgIpc) is 2.35. The summed E-state index contributed by atoms with van der Waals surface area (Å²) in [4.78, 5) is 26.4. The van der Waals surface area contributed by atoms with Crippen molar-refractivity contribution in [3.8, 4) is 0 Å². The Morgan fingerprint density at radius 2 is 2.24 bits per heavy atom. The molecule has 0 aliphatic heterocycles. The van der Waals surface area contributed by atoms with E-state index in [2.05, 4.69) is 20.4 Å². The molecule has 0 saturated carbocycles. The first-order valence-electron chi connectivity index (χ1n) is 4.86. The van der Waals surface area contributed by atoms with E-state index in [1.165, 1.54) is 26.4 Å². The number of pyridine rings is 1. The van der Waals surface area contributed by atoms with Gasteiger partial charge in [-0.15, -0.1) is 0 Å². The van der Waals surface area contributed by atoms with Gasteiger partial charge in [0.15, 0.2) is 0 Å². The van der Waals surface area contributed by atoms with E-state index in [0.717, 1.165) is 0 Å². The summed E-state index contributed by atoms with van der Waals surface area (Å²) in [5.41, 5.74) is 6.06. The fourth-order valence-electron chi connectivity index (χ4n) is 1.14. The summed E-state index contributed by atoms with van der Waals surface area (Å²) >= 11 is 0. The number of hydrogen-bond donors (Lipinski definition) is 3. The number of esters is 1. The minimum atomic E-state index is -0.566. The van der Waals surface area contributed by atoms with Crippen molar-refractivity contribution in [3.05, 3.63) is 17.8 Å². The monoisotopic (exact) mass is 238 g/mol. The van der Waals surface area contributed by atoms with Gasteiger partial charge in [0, 0.05) is 7.05 Å². The first kappa shape index (κ1) is 12.8. The normalized spacial score (nSPS) is 9.53. The molecule has 7 nitrogen and oxygen atoms in total. The van der Waals surface area contributed by atoms with Gasteiger partial charge in [-0.25, -0.2) is 9.78 Å².